The topological polar surface area (TPSA) is 0 Å². The van der Waals surface area contributed by atoms with Crippen molar-refractivity contribution in [2.75, 3.05) is 11.1 Å². The Morgan fingerprint density at radius 1 is 1.33 bits per heavy atom. The van der Waals surface area contributed by atoms with E-state index in [4.69, 9.17) is 0 Å². The van der Waals surface area contributed by atoms with E-state index in [0.29, 0.717) is 5.41 Å². The average Bonchev–Trinajstić information content (AvgIpc) is 2.19. The van der Waals surface area contributed by atoms with Gasteiger partial charge in [0.15, 0.2) is 0 Å². The Morgan fingerprint density at radius 2 is 2.07 bits per heavy atom. The van der Waals surface area contributed by atoms with Crippen LogP contribution in [0.1, 0.15) is 19.3 Å². The predicted molar refractivity (Wildman–Crippen MR) is 67.2 cm³/mol. The van der Waals surface area contributed by atoms with Crippen LogP contribution in [0.25, 0.3) is 0 Å². The van der Waals surface area contributed by atoms with E-state index in [1.165, 1.54) is 25.3 Å². The van der Waals surface area contributed by atoms with Gasteiger partial charge >= 0.3 is 0 Å². The minimum Gasteiger partial charge on any atom is -0.206 e. The van der Waals surface area contributed by atoms with Gasteiger partial charge in [-0.1, -0.05) is 34.5 Å². The van der Waals surface area contributed by atoms with E-state index in [1.807, 2.05) is 12.1 Å². The summed E-state index contributed by atoms with van der Waals surface area (Å²) in [5, 5.41) is 1.04. The molecule has 0 bridgehead atoms. The van der Waals surface area contributed by atoms with Crippen LogP contribution in [-0.2, 0) is 0 Å². The highest BCUT2D eigenvalue weighted by Gasteiger charge is 2.35. The number of halogens is 2. The highest BCUT2D eigenvalue weighted by molar-refractivity contribution is 9.09. The summed E-state index contributed by atoms with van der Waals surface area (Å²) >= 11 is 5.22. The fourth-order valence-electron chi connectivity index (χ4n) is 1.79. The fraction of sp³-hybridized carbons (Fsp3) is 0.500. The van der Waals surface area contributed by atoms with Crippen molar-refractivity contribution in [2.24, 2.45) is 5.41 Å². The van der Waals surface area contributed by atoms with Crippen molar-refractivity contribution in [1.82, 2.24) is 0 Å². The summed E-state index contributed by atoms with van der Waals surface area (Å²) in [5.74, 6) is 0.936. The molecule has 0 aromatic heterocycles. The molecule has 0 radical (unpaired) electrons. The normalized spacial score (nSPS) is 18.5. The van der Waals surface area contributed by atoms with E-state index in [1.54, 1.807) is 17.8 Å². The Balaban J connectivity index is 1.95. The van der Waals surface area contributed by atoms with Gasteiger partial charge in [-0.25, -0.2) is 4.39 Å². The van der Waals surface area contributed by atoms with Gasteiger partial charge in [0.25, 0.3) is 0 Å². The second kappa shape index (κ2) is 4.88. The molecule has 0 amide bonds. The van der Waals surface area contributed by atoms with Gasteiger partial charge in [-0.05, 0) is 30.4 Å². The highest BCUT2D eigenvalue weighted by atomic mass is 79.9. The second-order valence-corrected chi connectivity index (χ2v) is 5.78. The molecule has 0 nitrogen and oxygen atoms in total. The van der Waals surface area contributed by atoms with E-state index >= 15 is 0 Å². The smallest absolute Gasteiger partial charge is 0.136 e. The molecule has 15 heavy (non-hydrogen) atoms. The lowest BCUT2D eigenvalue weighted by atomic mass is 9.72. The van der Waals surface area contributed by atoms with Gasteiger partial charge in [0.2, 0.25) is 0 Å². The Labute approximate surface area is 103 Å². The molecule has 1 aliphatic carbocycles. The number of rotatable bonds is 4. The van der Waals surface area contributed by atoms with Gasteiger partial charge in [-0.2, -0.15) is 0 Å². The van der Waals surface area contributed by atoms with Crippen molar-refractivity contribution in [3.63, 3.8) is 0 Å². The number of alkyl halides is 1. The van der Waals surface area contributed by atoms with Gasteiger partial charge in [-0.15, -0.1) is 11.8 Å². The third-order valence-corrected chi connectivity index (χ3v) is 5.66. The first kappa shape index (κ1) is 11.5. The molecule has 1 fully saturated rings. The number of hydrogen-bond acceptors (Lipinski definition) is 1. The Morgan fingerprint density at radius 3 is 2.60 bits per heavy atom. The molecule has 3 heteroatoms. The maximum atomic E-state index is 13.4. The molecule has 0 atom stereocenters. The van der Waals surface area contributed by atoms with Crippen LogP contribution in [0.3, 0.4) is 0 Å². The molecule has 1 aliphatic rings. The number of hydrogen-bond donors (Lipinski definition) is 0. The number of benzene rings is 1. The minimum atomic E-state index is -0.0912. The van der Waals surface area contributed by atoms with Crippen molar-refractivity contribution in [3.8, 4) is 0 Å². The zero-order valence-electron chi connectivity index (χ0n) is 8.51. The van der Waals surface area contributed by atoms with Gasteiger partial charge in [0, 0.05) is 16.0 Å². The third kappa shape index (κ3) is 2.56. The summed E-state index contributed by atoms with van der Waals surface area (Å²) in [4.78, 5) is 0.782. The van der Waals surface area contributed by atoms with E-state index in [-0.39, 0.29) is 5.82 Å². The molecule has 0 spiro atoms. The molecule has 0 unspecified atom stereocenters. The summed E-state index contributed by atoms with van der Waals surface area (Å²) in [6.45, 7) is 0. The van der Waals surface area contributed by atoms with Crippen molar-refractivity contribution in [3.05, 3.63) is 30.1 Å². The van der Waals surface area contributed by atoms with Crippen molar-refractivity contribution >= 4 is 27.7 Å². The average molecular weight is 289 g/mol. The lowest BCUT2D eigenvalue weighted by molar-refractivity contribution is 0.206. The predicted octanol–water partition coefficient (Wildman–Crippen LogP) is 4.48. The monoisotopic (exact) mass is 288 g/mol. The van der Waals surface area contributed by atoms with E-state index in [2.05, 4.69) is 15.9 Å². The minimum absolute atomic E-state index is 0.0912. The third-order valence-electron chi connectivity index (χ3n) is 3.07. The van der Waals surface area contributed by atoms with Crippen LogP contribution in [-0.4, -0.2) is 11.1 Å². The van der Waals surface area contributed by atoms with Gasteiger partial charge < -0.3 is 0 Å². The first-order valence-corrected chi connectivity index (χ1v) is 7.30. The summed E-state index contributed by atoms with van der Waals surface area (Å²) in [6, 6.07) is 7.03. The first-order valence-electron chi connectivity index (χ1n) is 5.19. The molecular formula is C12H14BrFS. The van der Waals surface area contributed by atoms with Crippen molar-refractivity contribution < 1.29 is 4.39 Å². The van der Waals surface area contributed by atoms with Gasteiger partial charge in [-0.3, -0.25) is 0 Å². The van der Waals surface area contributed by atoms with Gasteiger partial charge in [0.1, 0.15) is 5.82 Å². The number of thioether (sulfide) groups is 1. The quantitative estimate of drug-likeness (QED) is 0.581. The maximum Gasteiger partial charge on any atom is 0.136 e. The van der Waals surface area contributed by atoms with E-state index in [0.717, 1.165) is 16.0 Å². The summed E-state index contributed by atoms with van der Waals surface area (Å²) in [7, 11) is 0. The van der Waals surface area contributed by atoms with Crippen LogP contribution in [0, 0.1) is 11.2 Å². The maximum absolute atomic E-state index is 13.4. The largest absolute Gasteiger partial charge is 0.206 e. The molecule has 0 N–H and O–H groups in total. The summed E-state index contributed by atoms with van der Waals surface area (Å²) in [5.41, 5.74) is 0.424. The van der Waals surface area contributed by atoms with E-state index in [9.17, 15) is 4.39 Å². The molecule has 0 aliphatic heterocycles. The lowest BCUT2D eigenvalue weighted by Crippen LogP contribution is -2.33. The molecule has 1 saturated carbocycles. The van der Waals surface area contributed by atoms with Crippen LogP contribution in [0.5, 0.6) is 0 Å². The molecule has 1 aromatic rings. The SMILES string of the molecule is Fc1ccccc1SCC1(CBr)CCC1. The van der Waals surface area contributed by atoms with Crippen LogP contribution in [0.15, 0.2) is 29.2 Å². The first-order chi connectivity index (χ1) is 7.26. The van der Waals surface area contributed by atoms with Crippen molar-refractivity contribution in [2.45, 2.75) is 24.2 Å². The van der Waals surface area contributed by atoms with Crippen LogP contribution in [0.2, 0.25) is 0 Å². The summed E-state index contributed by atoms with van der Waals surface area (Å²) < 4.78 is 13.4. The van der Waals surface area contributed by atoms with Crippen molar-refractivity contribution in [1.29, 1.82) is 0 Å². The Bertz CT molecular complexity index is 331. The lowest BCUT2D eigenvalue weighted by Gasteiger charge is -2.40. The molecular weight excluding hydrogens is 275 g/mol. The van der Waals surface area contributed by atoms with E-state index < -0.39 is 0 Å². The molecule has 0 heterocycles. The van der Waals surface area contributed by atoms with Crippen LogP contribution in [0.4, 0.5) is 4.39 Å². The zero-order valence-corrected chi connectivity index (χ0v) is 10.9. The molecule has 82 valence electrons. The molecule has 0 saturated heterocycles. The van der Waals surface area contributed by atoms with Crippen LogP contribution >= 0.6 is 27.7 Å². The highest BCUT2D eigenvalue weighted by Crippen LogP contribution is 2.46. The Kier molecular flexibility index (Phi) is 3.73. The Hall–Kier alpha value is -0.0200. The van der Waals surface area contributed by atoms with Gasteiger partial charge in [0.05, 0.1) is 0 Å². The zero-order chi connectivity index (χ0) is 10.7. The summed E-state index contributed by atoms with van der Waals surface area (Å²) in [6.07, 6.45) is 3.88. The molecule has 2 rings (SSSR count). The van der Waals surface area contributed by atoms with Crippen LogP contribution < -0.4 is 0 Å². The molecule has 1 aromatic carbocycles. The second-order valence-electron chi connectivity index (χ2n) is 4.21. The fourth-order valence-corrected chi connectivity index (χ4v) is 4.04. The standard InChI is InChI=1S/C12H14BrFS/c13-8-12(6-3-7-12)9-15-11-5-2-1-4-10(11)14/h1-2,4-5H,3,6-9H2.